The van der Waals surface area contributed by atoms with Gasteiger partial charge in [0.05, 0.1) is 10.9 Å². The number of hydrogen-bond donors (Lipinski definition) is 3. The summed E-state index contributed by atoms with van der Waals surface area (Å²) in [5, 5.41) is 7.98. The third kappa shape index (κ3) is 4.62. The standard InChI is InChI=1S/C15H18ClN3O3S/c1-3-17-14(21)8(2)18-13(20)7-12-15(22)19-10-6-9(16)4-5-11(10)23-12/h4-6,8,12H,3,7H2,1-2H3,(H,17,21)(H,18,20)(H,19,22)/t8-,12+/m1/s1. The lowest BCUT2D eigenvalue weighted by Crippen LogP contribution is -2.46. The molecule has 1 aromatic carbocycles. The number of benzene rings is 1. The lowest BCUT2D eigenvalue weighted by molar-refractivity contribution is -0.129. The second-order valence-electron chi connectivity index (χ2n) is 5.12. The van der Waals surface area contributed by atoms with Crippen LogP contribution in [0.2, 0.25) is 5.02 Å². The van der Waals surface area contributed by atoms with Crippen molar-refractivity contribution in [3.63, 3.8) is 0 Å². The number of hydrogen-bond acceptors (Lipinski definition) is 4. The van der Waals surface area contributed by atoms with Crippen molar-refractivity contribution in [2.45, 2.75) is 36.5 Å². The van der Waals surface area contributed by atoms with Gasteiger partial charge in [-0.05, 0) is 32.0 Å². The van der Waals surface area contributed by atoms with Gasteiger partial charge in [0.15, 0.2) is 0 Å². The normalized spacial score (nSPS) is 17.7. The van der Waals surface area contributed by atoms with E-state index in [1.165, 1.54) is 11.8 Å². The fourth-order valence-electron chi connectivity index (χ4n) is 2.12. The molecule has 8 heteroatoms. The summed E-state index contributed by atoms with van der Waals surface area (Å²) < 4.78 is 0. The van der Waals surface area contributed by atoms with Crippen LogP contribution < -0.4 is 16.0 Å². The summed E-state index contributed by atoms with van der Waals surface area (Å²) in [6.07, 6.45) is 0.00229. The molecule has 0 saturated heterocycles. The molecule has 0 fully saturated rings. The molecule has 3 N–H and O–H groups in total. The summed E-state index contributed by atoms with van der Waals surface area (Å²) in [5.41, 5.74) is 0.653. The molecule has 1 heterocycles. The van der Waals surface area contributed by atoms with Gasteiger partial charge in [-0.25, -0.2) is 0 Å². The zero-order valence-corrected chi connectivity index (χ0v) is 14.4. The minimum Gasteiger partial charge on any atom is -0.355 e. The molecular formula is C15H18ClN3O3S. The summed E-state index contributed by atoms with van der Waals surface area (Å²) in [6.45, 7) is 3.91. The Morgan fingerprint density at radius 1 is 1.43 bits per heavy atom. The van der Waals surface area contributed by atoms with Crippen LogP contribution in [0.25, 0.3) is 0 Å². The number of nitrogens with one attached hydrogen (secondary N) is 3. The zero-order valence-electron chi connectivity index (χ0n) is 12.8. The smallest absolute Gasteiger partial charge is 0.242 e. The Kier molecular flexibility index (Phi) is 5.90. The first-order valence-corrected chi connectivity index (χ1v) is 8.50. The van der Waals surface area contributed by atoms with Crippen LogP contribution in [0.1, 0.15) is 20.3 Å². The van der Waals surface area contributed by atoms with E-state index in [1.54, 1.807) is 26.0 Å². The Labute approximate surface area is 143 Å². The highest BCUT2D eigenvalue weighted by molar-refractivity contribution is 8.01. The number of anilines is 1. The van der Waals surface area contributed by atoms with E-state index in [1.807, 2.05) is 6.07 Å². The Hall–Kier alpha value is -1.73. The maximum Gasteiger partial charge on any atom is 0.242 e. The minimum atomic E-state index is -0.634. The van der Waals surface area contributed by atoms with Crippen LogP contribution in [0.5, 0.6) is 0 Å². The van der Waals surface area contributed by atoms with Gasteiger partial charge in [0.25, 0.3) is 0 Å². The predicted molar refractivity (Wildman–Crippen MR) is 90.6 cm³/mol. The van der Waals surface area contributed by atoms with Crippen LogP contribution in [-0.4, -0.2) is 35.6 Å². The molecule has 0 spiro atoms. The number of rotatable bonds is 5. The zero-order chi connectivity index (χ0) is 17.0. The monoisotopic (exact) mass is 355 g/mol. The third-order valence-electron chi connectivity index (χ3n) is 3.25. The summed E-state index contributed by atoms with van der Waals surface area (Å²) in [5.74, 6) is -0.832. The van der Waals surface area contributed by atoms with Gasteiger partial charge in [0, 0.05) is 22.9 Å². The molecule has 1 aliphatic heterocycles. The molecule has 1 aromatic rings. The molecule has 0 unspecified atom stereocenters. The number of carbonyl (C=O) groups excluding carboxylic acids is 3. The van der Waals surface area contributed by atoms with E-state index in [0.29, 0.717) is 17.3 Å². The Bertz CT molecular complexity index is 638. The van der Waals surface area contributed by atoms with Crippen molar-refractivity contribution in [1.29, 1.82) is 0 Å². The summed E-state index contributed by atoms with van der Waals surface area (Å²) in [4.78, 5) is 36.6. The van der Waals surface area contributed by atoms with Crippen molar-refractivity contribution < 1.29 is 14.4 Å². The molecule has 0 aliphatic carbocycles. The number of fused-ring (bicyclic) bond motifs is 1. The molecule has 0 aromatic heterocycles. The molecule has 6 nitrogen and oxygen atoms in total. The van der Waals surface area contributed by atoms with E-state index < -0.39 is 11.3 Å². The summed E-state index contributed by atoms with van der Waals surface area (Å²) >= 11 is 7.21. The van der Waals surface area contributed by atoms with E-state index in [0.717, 1.165) is 4.90 Å². The molecule has 0 saturated carbocycles. The van der Waals surface area contributed by atoms with Crippen LogP contribution in [0, 0.1) is 0 Å². The van der Waals surface area contributed by atoms with Crippen molar-refractivity contribution in [3.8, 4) is 0 Å². The average molecular weight is 356 g/mol. The number of carbonyl (C=O) groups is 3. The number of likely N-dealkylation sites (N-methyl/N-ethyl adjacent to an activating group) is 1. The highest BCUT2D eigenvalue weighted by Crippen LogP contribution is 2.38. The van der Waals surface area contributed by atoms with Crippen molar-refractivity contribution in [2.24, 2.45) is 0 Å². The maximum atomic E-state index is 12.1. The Morgan fingerprint density at radius 3 is 2.87 bits per heavy atom. The van der Waals surface area contributed by atoms with Crippen LogP contribution >= 0.6 is 23.4 Å². The van der Waals surface area contributed by atoms with Crippen molar-refractivity contribution >= 4 is 46.8 Å². The molecule has 124 valence electrons. The van der Waals surface area contributed by atoms with Gasteiger partial charge in [-0.3, -0.25) is 14.4 Å². The third-order valence-corrected chi connectivity index (χ3v) is 4.76. The topological polar surface area (TPSA) is 87.3 Å². The second kappa shape index (κ2) is 7.70. The largest absolute Gasteiger partial charge is 0.355 e. The fraction of sp³-hybridized carbons (Fsp3) is 0.400. The SMILES string of the molecule is CCNC(=O)[C@@H](C)NC(=O)C[C@@H]1Sc2ccc(Cl)cc2NC1=O. The fourth-order valence-corrected chi connectivity index (χ4v) is 3.38. The molecule has 0 radical (unpaired) electrons. The molecule has 2 atom stereocenters. The first-order valence-electron chi connectivity index (χ1n) is 7.25. The van der Waals surface area contributed by atoms with Crippen LogP contribution in [0.4, 0.5) is 5.69 Å². The van der Waals surface area contributed by atoms with Crippen molar-refractivity contribution in [1.82, 2.24) is 10.6 Å². The average Bonchev–Trinajstić information content (AvgIpc) is 2.48. The minimum absolute atomic E-state index is 0.00229. The van der Waals surface area contributed by atoms with Gasteiger partial charge in [-0.15, -0.1) is 11.8 Å². The lowest BCUT2D eigenvalue weighted by atomic mass is 10.2. The molecule has 1 aliphatic rings. The number of thioether (sulfide) groups is 1. The lowest BCUT2D eigenvalue weighted by Gasteiger charge is -2.24. The predicted octanol–water partition coefficient (Wildman–Crippen LogP) is 1.78. The highest BCUT2D eigenvalue weighted by atomic mass is 35.5. The van der Waals surface area contributed by atoms with Crippen LogP contribution in [-0.2, 0) is 14.4 Å². The van der Waals surface area contributed by atoms with Crippen LogP contribution in [0.15, 0.2) is 23.1 Å². The molecule has 0 bridgehead atoms. The van der Waals surface area contributed by atoms with E-state index in [-0.39, 0.29) is 24.1 Å². The Morgan fingerprint density at radius 2 is 2.17 bits per heavy atom. The van der Waals surface area contributed by atoms with Crippen LogP contribution in [0.3, 0.4) is 0 Å². The van der Waals surface area contributed by atoms with E-state index in [2.05, 4.69) is 16.0 Å². The Balaban J connectivity index is 1.95. The maximum absolute atomic E-state index is 12.1. The highest BCUT2D eigenvalue weighted by Gasteiger charge is 2.29. The summed E-state index contributed by atoms with van der Waals surface area (Å²) in [7, 11) is 0. The van der Waals surface area contributed by atoms with Gasteiger partial charge >= 0.3 is 0 Å². The van der Waals surface area contributed by atoms with E-state index >= 15 is 0 Å². The number of amides is 3. The first kappa shape index (κ1) is 17.6. The van der Waals surface area contributed by atoms with E-state index in [4.69, 9.17) is 11.6 Å². The van der Waals surface area contributed by atoms with Gasteiger partial charge in [-0.2, -0.15) is 0 Å². The quantitative estimate of drug-likeness (QED) is 0.751. The molecule has 3 amide bonds. The summed E-state index contributed by atoms with van der Waals surface area (Å²) in [6, 6.07) is 4.59. The van der Waals surface area contributed by atoms with Crippen molar-refractivity contribution in [2.75, 3.05) is 11.9 Å². The van der Waals surface area contributed by atoms with Gasteiger partial charge in [0.2, 0.25) is 17.7 Å². The van der Waals surface area contributed by atoms with Gasteiger partial charge < -0.3 is 16.0 Å². The van der Waals surface area contributed by atoms with Gasteiger partial charge in [0.1, 0.15) is 6.04 Å². The van der Waals surface area contributed by atoms with Crippen molar-refractivity contribution in [3.05, 3.63) is 23.2 Å². The first-order chi connectivity index (χ1) is 10.9. The molecular weight excluding hydrogens is 338 g/mol. The second-order valence-corrected chi connectivity index (χ2v) is 6.81. The van der Waals surface area contributed by atoms with Gasteiger partial charge in [-0.1, -0.05) is 11.6 Å². The van der Waals surface area contributed by atoms with E-state index in [9.17, 15) is 14.4 Å². The molecule has 23 heavy (non-hydrogen) atoms. The number of halogens is 1. The molecule has 2 rings (SSSR count).